The average molecular weight is 582 g/mol. The van der Waals surface area contributed by atoms with E-state index in [1.54, 1.807) is 38.1 Å². The Morgan fingerprint density at radius 3 is 2.38 bits per heavy atom. The Morgan fingerprint density at radius 1 is 1.07 bits per heavy atom. The predicted molar refractivity (Wildman–Crippen MR) is 146 cm³/mol. The molecule has 0 unspecified atom stereocenters. The van der Waals surface area contributed by atoms with E-state index in [1.807, 2.05) is 0 Å². The zero-order valence-electron chi connectivity index (χ0n) is 22.8. The van der Waals surface area contributed by atoms with E-state index < -0.39 is 27.9 Å². The van der Waals surface area contributed by atoms with Crippen LogP contribution in [0.3, 0.4) is 0 Å². The highest BCUT2D eigenvalue weighted by atomic mass is 32.2. The zero-order chi connectivity index (χ0) is 29.8. The van der Waals surface area contributed by atoms with Crippen molar-refractivity contribution in [2.24, 2.45) is 0 Å². The van der Waals surface area contributed by atoms with Gasteiger partial charge in [0, 0.05) is 19.3 Å². The van der Waals surface area contributed by atoms with Crippen LogP contribution >= 0.6 is 0 Å². The second kappa shape index (κ2) is 12.0. The Kier molecular flexibility index (Phi) is 9.13. The Morgan fingerprint density at radius 2 is 1.77 bits per heavy atom. The lowest BCUT2D eigenvalue weighted by Crippen LogP contribution is -2.26. The van der Waals surface area contributed by atoms with Crippen LogP contribution in [0.4, 0.5) is 41.0 Å². The average Bonchev–Trinajstić information content (AvgIpc) is 2.87. The second-order valence-electron chi connectivity index (χ2n) is 9.02. The summed E-state index contributed by atoms with van der Waals surface area (Å²) < 4.78 is 76.9. The molecule has 216 valence electrons. The van der Waals surface area contributed by atoms with Gasteiger partial charge in [-0.1, -0.05) is 12.1 Å². The highest BCUT2D eigenvalue weighted by Gasteiger charge is 2.35. The first-order valence-corrected chi connectivity index (χ1v) is 13.8. The fourth-order valence-electron chi connectivity index (χ4n) is 3.89. The molecule has 0 fully saturated rings. The molecule has 0 saturated heterocycles. The molecule has 40 heavy (non-hydrogen) atoms. The Labute approximate surface area is 230 Å². The molecule has 1 amide bonds. The fraction of sp³-hybridized carbons (Fsp3) is 0.346. The van der Waals surface area contributed by atoms with Crippen molar-refractivity contribution in [1.82, 2.24) is 9.97 Å². The maximum absolute atomic E-state index is 13.8. The largest absolute Gasteiger partial charge is 0.494 e. The second-order valence-corrected chi connectivity index (χ2v) is 11.0. The molecule has 1 aromatic heterocycles. The maximum atomic E-state index is 13.8. The number of sulfonamides is 1. The lowest BCUT2D eigenvalue weighted by molar-refractivity contribution is -0.138. The molecule has 3 rings (SSSR count). The smallest absolute Gasteiger partial charge is 0.419 e. The number of aryl methyl sites for hydroxylation is 4. The number of nitrogens with one attached hydrogen (secondary N) is 2. The van der Waals surface area contributed by atoms with E-state index in [4.69, 9.17) is 4.74 Å². The van der Waals surface area contributed by atoms with E-state index in [0.29, 0.717) is 34.4 Å². The van der Waals surface area contributed by atoms with Crippen molar-refractivity contribution >= 4 is 39.1 Å². The molecular formula is C26H30F3N5O5S. The van der Waals surface area contributed by atoms with E-state index >= 15 is 0 Å². The summed E-state index contributed by atoms with van der Waals surface area (Å²) in [6.45, 7) is 3.50. The van der Waals surface area contributed by atoms with Gasteiger partial charge in [-0.3, -0.25) is 9.62 Å². The quantitative estimate of drug-likeness (QED) is 0.353. The Hall–Kier alpha value is -4.07. The molecule has 2 aromatic carbocycles. The van der Waals surface area contributed by atoms with Gasteiger partial charge in [0.25, 0.3) is 0 Å². The van der Waals surface area contributed by atoms with Crippen LogP contribution < -0.4 is 19.7 Å². The van der Waals surface area contributed by atoms with Crippen LogP contribution in [-0.2, 0) is 33.8 Å². The summed E-state index contributed by atoms with van der Waals surface area (Å²) in [5, 5.41) is 5.44. The van der Waals surface area contributed by atoms with E-state index in [-0.39, 0.29) is 30.2 Å². The van der Waals surface area contributed by atoms with Gasteiger partial charge in [-0.2, -0.15) is 13.2 Å². The first kappa shape index (κ1) is 30.5. The predicted octanol–water partition coefficient (Wildman–Crippen LogP) is 5.22. The molecule has 0 spiro atoms. The van der Waals surface area contributed by atoms with E-state index in [1.165, 1.54) is 27.3 Å². The van der Waals surface area contributed by atoms with Crippen LogP contribution in [0.1, 0.15) is 27.9 Å². The molecule has 0 radical (unpaired) electrons. The number of halogens is 3. The summed E-state index contributed by atoms with van der Waals surface area (Å²) >= 11 is 0. The number of anilines is 4. The summed E-state index contributed by atoms with van der Waals surface area (Å²) in [5.41, 5.74) is 1.85. The fourth-order valence-corrected chi connectivity index (χ4v) is 4.41. The van der Waals surface area contributed by atoms with Crippen molar-refractivity contribution in [1.29, 1.82) is 0 Å². The first-order valence-electron chi connectivity index (χ1n) is 11.9. The van der Waals surface area contributed by atoms with Gasteiger partial charge >= 0.3 is 12.3 Å². The molecule has 0 saturated carbocycles. The molecule has 14 heteroatoms. The molecule has 3 aromatic rings. The van der Waals surface area contributed by atoms with Crippen molar-refractivity contribution in [3.8, 4) is 5.75 Å². The molecule has 2 N–H and O–H groups in total. The highest BCUT2D eigenvalue weighted by molar-refractivity contribution is 7.92. The Bertz CT molecular complexity index is 1510. The maximum Gasteiger partial charge on any atom is 0.419 e. The topological polar surface area (TPSA) is 123 Å². The molecule has 1 heterocycles. The first-order chi connectivity index (χ1) is 18.6. The lowest BCUT2D eigenvalue weighted by Gasteiger charge is -2.21. The van der Waals surface area contributed by atoms with Gasteiger partial charge in [0.1, 0.15) is 5.75 Å². The monoisotopic (exact) mass is 581 g/mol. The summed E-state index contributed by atoms with van der Waals surface area (Å²) in [4.78, 5) is 19.6. The minimum absolute atomic E-state index is 0.0886. The van der Waals surface area contributed by atoms with Gasteiger partial charge in [-0.15, -0.1) is 0 Å². The number of aromatic nitrogens is 2. The number of methoxy groups -OCH3 is 2. The number of hydrogen-bond donors (Lipinski definition) is 2. The zero-order valence-corrected chi connectivity index (χ0v) is 23.6. The molecule has 0 aliphatic heterocycles. The standard InChI is InChI=1S/C26H30F3N5O5S/c1-15-7-8-17(22(11-15)34(3)40(6,36)37)9-10-19-18(26(27,28)29)14-30-24(31-19)32-21-12-16(2)20(13-23(21)38-4)33-25(35)39-5/h7-8,11-14H,9-10H2,1-6H3,(H,33,35)(H,30,31,32). The number of carbonyl (C=O) groups excluding carboxylic acids is 1. The van der Waals surface area contributed by atoms with Gasteiger partial charge in [0.2, 0.25) is 16.0 Å². The number of hydrogen-bond acceptors (Lipinski definition) is 8. The number of amides is 1. The van der Waals surface area contributed by atoms with Crippen molar-refractivity contribution in [3.05, 3.63) is 64.5 Å². The Balaban J connectivity index is 1.97. The number of ether oxygens (including phenoxy) is 2. The summed E-state index contributed by atoms with van der Waals surface area (Å²) in [6, 6.07) is 8.26. The van der Waals surface area contributed by atoms with Crippen LogP contribution in [0, 0.1) is 13.8 Å². The van der Waals surface area contributed by atoms with E-state index in [9.17, 15) is 26.4 Å². The van der Waals surface area contributed by atoms with Crippen LogP contribution in [0.15, 0.2) is 36.5 Å². The van der Waals surface area contributed by atoms with E-state index in [2.05, 4.69) is 25.3 Å². The minimum atomic E-state index is -4.71. The van der Waals surface area contributed by atoms with Gasteiger partial charge in [0.15, 0.2) is 0 Å². The SMILES string of the molecule is COC(=O)Nc1cc(OC)c(Nc2ncc(C(F)(F)F)c(CCc3ccc(C)cc3N(C)S(C)(=O)=O)n2)cc1C. The number of rotatable bonds is 9. The normalized spacial score (nSPS) is 11.6. The summed E-state index contributed by atoms with van der Waals surface area (Å²) in [7, 11) is 0.410. The van der Waals surface area contributed by atoms with Crippen LogP contribution in [0.5, 0.6) is 5.75 Å². The molecule has 0 aliphatic rings. The van der Waals surface area contributed by atoms with Crippen molar-refractivity contribution in [3.63, 3.8) is 0 Å². The molecular weight excluding hydrogens is 551 g/mol. The number of carbonyl (C=O) groups is 1. The summed E-state index contributed by atoms with van der Waals surface area (Å²) in [5.74, 6) is 0.168. The molecule has 10 nitrogen and oxygen atoms in total. The summed E-state index contributed by atoms with van der Waals surface area (Å²) in [6.07, 6.45) is -3.68. The van der Waals surface area contributed by atoms with E-state index in [0.717, 1.165) is 16.1 Å². The molecule has 0 bridgehead atoms. The van der Waals surface area contributed by atoms with Crippen LogP contribution in [0.2, 0.25) is 0 Å². The van der Waals surface area contributed by atoms with Crippen LogP contribution in [0.25, 0.3) is 0 Å². The third-order valence-corrected chi connectivity index (χ3v) is 7.29. The third kappa shape index (κ3) is 7.31. The molecule has 0 atom stereocenters. The van der Waals surface area contributed by atoms with Gasteiger partial charge in [0.05, 0.1) is 48.8 Å². The molecule has 0 aliphatic carbocycles. The lowest BCUT2D eigenvalue weighted by atomic mass is 10.0. The highest BCUT2D eigenvalue weighted by Crippen LogP contribution is 2.35. The van der Waals surface area contributed by atoms with Gasteiger partial charge in [-0.05, 0) is 55.5 Å². The number of alkyl halides is 3. The van der Waals surface area contributed by atoms with Gasteiger partial charge < -0.3 is 14.8 Å². The number of benzene rings is 2. The van der Waals surface area contributed by atoms with Crippen molar-refractivity contribution in [2.45, 2.75) is 32.9 Å². The minimum Gasteiger partial charge on any atom is -0.494 e. The van der Waals surface area contributed by atoms with Crippen LogP contribution in [-0.4, -0.2) is 52.0 Å². The van der Waals surface area contributed by atoms with Crippen molar-refractivity contribution < 1.29 is 35.9 Å². The number of nitrogens with zero attached hydrogens (tertiary/aromatic N) is 3. The van der Waals surface area contributed by atoms with Crippen molar-refractivity contribution in [2.75, 3.05) is 42.5 Å². The van der Waals surface area contributed by atoms with Gasteiger partial charge in [-0.25, -0.2) is 23.2 Å². The third-order valence-electron chi connectivity index (χ3n) is 6.10.